The van der Waals surface area contributed by atoms with Crippen LogP contribution in [0.4, 0.5) is 4.39 Å². The van der Waals surface area contributed by atoms with Gasteiger partial charge in [0.1, 0.15) is 17.6 Å². The fourth-order valence-electron chi connectivity index (χ4n) is 4.58. The number of halogens is 1. The molecule has 0 amide bonds. The maximum Gasteiger partial charge on any atom is 0.308 e. The van der Waals surface area contributed by atoms with Gasteiger partial charge in [0.05, 0.1) is 25.1 Å². The van der Waals surface area contributed by atoms with Gasteiger partial charge in [-0.3, -0.25) is 14.7 Å². The number of pyridine rings is 2. The van der Waals surface area contributed by atoms with E-state index >= 15 is 4.39 Å². The van der Waals surface area contributed by atoms with Crippen LogP contribution < -0.4 is 4.74 Å². The number of methoxy groups -OCH3 is 1. The Balaban J connectivity index is 1.38. The average molecular weight is 462 g/mol. The highest BCUT2D eigenvalue weighted by atomic mass is 19.1. The van der Waals surface area contributed by atoms with Crippen LogP contribution >= 0.6 is 0 Å². The Morgan fingerprint density at radius 2 is 2.15 bits per heavy atom. The van der Waals surface area contributed by atoms with E-state index in [1.807, 2.05) is 24.3 Å². The third kappa shape index (κ3) is 5.70. The summed E-state index contributed by atoms with van der Waals surface area (Å²) < 4.78 is 20.6. The standard InChI is InChI=1S/C27H28FN3O3/c1-34-21-8-10-26-23(17-21)22(11-14-30-26)25(28)9-7-19-12-16-31(18-24(19)27(32)33)15-4-6-20-5-2-3-13-29-20/h2-3,5,8,10-11,13-14,17,19,24-25H,7,9,12,15-16,18H2,1H3,(H,32,33)/t19-,24+,25?/m1/s1. The molecule has 0 radical (unpaired) electrons. The zero-order valence-corrected chi connectivity index (χ0v) is 19.2. The molecular formula is C27H28FN3O3. The van der Waals surface area contributed by atoms with E-state index in [4.69, 9.17) is 4.74 Å². The molecule has 3 atom stereocenters. The van der Waals surface area contributed by atoms with Crippen LogP contribution in [0, 0.1) is 23.7 Å². The van der Waals surface area contributed by atoms with Crippen molar-refractivity contribution in [3.05, 3.63) is 66.1 Å². The molecule has 0 bridgehead atoms. The molecule has 176 valence electrons. The van der Waals surface area contributed by atoms with Gasteiger partial charge in [0, 0.05) is 24.3 Å². The number of ether oxygens (including phenoxy) is 1. The number of piperidine rings is 1. The quantitative estimate of drug-likeness (QED) is 0.522. The summed E-state index contributed by atoms with van der Waals surface area (Å²) in [5, 5.41) is 10.5. The summed E-state index contributed by atoms with van der Waals surface area (Å²) in [6.07, 6.45) is 3.60. The van der Waals surface area contributed by atoms with E-state index in [0.29, 0.717) is 48.5 Å². The van der Waals surface area contributed by atoms with Crippen molar-refractivity contribution in [3.63, 3.8) is 0 Å². The van der Waals surface area contributed by atoms with E-state index in [1.165, 1.54) is 0 Å². The van der Waals surface area contributed by atoms with E-state index in [1.54, 1.807) is 37.7 Å². The minimum absolute atomic E-state index is 0.0709. The summed E-state index contributed by atoms with van der Waals surface area (Å²) in [4.78, 5) is 22.5. The van der Waals surface area contributed by atoms with Crippen LogP contribution in [0.1, 0.15) is 36.7 Å². The number of aromatic nitrogens is 2. The smallest absolute Gasteiger partial charge is 0.308 e. The van der Waals surface area contributed by atoms with Crippen molar-refractivity contribution in [2.75, 3.05) is 26.7 Å². The number of hydrogen-bond acceptors (Lipinski definition) is 5. The number of nitrogens with zero attached hydrogens (tertiary/aromatic N) is 3. The fourth-order valence-corrected chi connectivity index (χ4v) is 4.58. The molecule has 1 aliphatic rings. The van der Waals surface area contributed by atoms with Gasteiger partial charge in [-0.05, 0) is 79.6 Å². The molecule has 1 aromatic carbocycles. The molecule has 34 heavy (non-hydrogen) atoms. The van der Waals surface area contributed by atoms with Crippen molar-refractivity contribution in [1.82, 2.24) is 14.9 Å². The van der Waals surface area contributed by atoms with Crippen LogP contribution in [0.5, 0.6) is 5.75 Å². The molecule has 2 aromatic heterocycles. The van der Waals surface area contributed by atoms with Gasteiger partial charge in [0.25, 0.3) is 0 Å². The highest BCUT2D eigenvalue weighted by molar-refractivity contribution is 5.83. The number of likely N-dealkylation sites (tertiary alicyclic amines) is 1. The lowest BCUT2D eigenvalue weighted by Gasteiger charge is -2.35. The van der Waals surface area contributed by atoms with Crippen LogP contribution in [0.3, 0.4) is 0 Å². The molecule has 1 fully saturated rings. The van der Waals surface area contributed by atoms with Gasteiger partial charge in [-0.25, -0.2) is 9.37 Å². The predicted octanol–water partition coefficient (Wildman–Crippen LogP) is 4.50. The van der Waals surface area contributed by atoms with Gasteiger partial charge < -0.3 is 9.84 Å². The highest BCUT2D eigenvalue weighted by Crippen LogP contribution is 2.35. The first kappa shape index (κ1) is 23.7. The van der Waals surface area contributed by atoms with E-state index < -0.39 is 18.1 Å². The number of carbonyl (C=O) groups is 1. The Kier molecular flexibility index (Phi) is 7.71. The van der Waals surface area contributed by atoms with Gasteiger partial charge >= 0.3 is 5.97 Å². The van der Waals surface area contributed by atoms with Crippen LogP contribution in [0.2, 0.25) is 0 Å². The van der Waals surface area contributed by atoms with Crippen molar-refractivity contribution in [2.45, 2.75) is 25.4 Å². The number of carboxylic acids is 1. The molecule has 6 nitrogen and oxygen atoms in total. The zero-order valence-electron chi connectivity index (χ0n) is 19.2. The third-order valence-electron chi connectivity index (χ3n) is 6.45. The number of aliphatic carboxylic acids is 1. The average Bonchev–Trinajstić information content (AvgIpc) is 2.87. The number of hydrogen-bond donors (Lipinski definition) is 1. The zero-order chi connectivity index (χ0) is 23.9. The number of alkyl halides is 1. The van der Waals surface area contributed by atoms with E-state index in [9.17, 15) is 9.90 Å². The summed E-state index contributed by atoms with van der Waals surface area (Å²) in [6.45, 7) is 1.66. The maximum absolute atomic E-state index is 15.3. The number of benzene rings is 1. The van der Waals surface area contributed by atoms with Crippen molar-refractivity contribution >= 4 is 16.9 Å². The second kappa shape index (κ2) is 11.1. The molecule has 3 heterocycles. The summed E-state index contributed by atoms with van der Waals surface area (Å²) in [6, 6.07) is 12.7. The largest absolute Gasteiger partial charge is 0.497 e. The normalized spacial score (nSPS) is 19.2. The van der Waals surface area contributed by atoms with Crippen molar-refractivity contribution in [2.24, 2.45) is 11.8 Å². The Bertz CT molecular complexity index is 1190. The second-order valence-corrected chi connectivity index (χ2v) is 8.57. The number of rotatable bonds is 7. The maximum atomic E-state index is 15.3. The molecule has 0 saturated carbocycles. The Morgan fingerprint density at radius 1 is 1.26 bits per heavy atom. The molecule has 1 aliphatic heterocycles. The fraction of sp³-hybridized carbons (Fsp3) is 0.370. The Hall–Kier alpha value is -3.50. The summed E-state index contributed by atoms with van der Waals surface area (Å²) in [5.41, 5.74) is 1.98. The lowest BCUT2D eigenvalue weighted by Crippen LogP contribution is -2.44. The summed E-state index contributed by atoms with van der Waals surface area (Å²) in [7, 11) is 1.58. The Labute approximate surface area is 198 Å². The van der Waals surface area contributed by atoms with E-state index in [0.717, 1.165) is 11.9 Å². The first-order chi connectivity index (χ1) is 16.5. The predicted molar refractivity (Wildman–Crippen MR) is 128 cm³/mol. The lowest BCUT2D eigenvalue weighted by atomic mass is 9.81. The van der Waals surface area contributed by atoms with Gasteiger partial charge in [-0.15, -0.1) is 0 Å². The molecule has 1 N–H and O–H groups in total. The summed E-state index contributed by atoms with van der Waals surface area (Å²) >= 11 is 0. The van der Waals surface area contributed by atoms with Crippen molar-refractivity contribution in [3.8, 4) is 17.6 Å². The van der Waals surface area contributed by atoms with Gasteiger partial charge in [0.2, 0.25) is 0 Å². The van der Waals surface area contributed by atoms with Gasteiger partial charge in [-0.2, -0.15) is 0 Å². The molecular weight excluding hydrogens is 433 g/mol. The van der Waals surface area contributed by atoms with E-state index in [-0.39, 0.29) is 12.3 Å². The molecule has 1 unspecified atom stereocenters. The van der Waals surface area contributed by atoms with Gasteiger partial charge in [0.15, 0.2) is 0 Å². The number of fused-ring (bicyclic) bond motifs is 1. The van der Waals surface area contributed by atoms with E-state index in [2.05, 4.69) is 26.7 Å². The minimum atomic E-state index is -1.20. The summed E-state index contributed by atoms with van der Waals surface area (Å²) in [5.74, 6) is 5.32. The lowest BCUT2D eigenvalue weighted by molar-refractivity contribution is -0.146. The Morgan fingerprint density at radius 3 is 2.91 bits per heavy atom. The first-order valence-electron chi connectivity index (χ1n) is 11.5. The van der Waals surface area contributed by atoms with Crippen molar-refractivity contribution < 1.29 is 19.0 Å². The number of carboxylic acid groups (broad SMARTS) is 1. The molecule has 0 spiro atoms. The van der Waals surface area contributed by atoms with Gasteiger partial charge in [-0.1, -0.05) is 12.0 Å². The highest BCUT2D eigenvalue weighted by Gasteiger charge is 2.34. The van der Waals surface area contributed by atoms with Crippen molar-refractivity contribution in [1.29, 1.82) is 0 Å². The monoisotopic (exact) mass is 461 g/mol. The topological polar surface area (TPSA) is 75.5 Å². The third-order valence-corrected chi connectivity index (χ3v) is 6.45. The van der Waals surface area contributed by atoms with Crippen LogP contribution in [0.25, 0.3) is 10.9 Å². The molecule has 0 aliphatic carbocycles. The first-order valence-corrected chi connectivity index (χ1v) is 11.5. The van der Waals surface area contributed by atoms with Crippen LogP contribution in [-0.2, 0) is 4.79 Å². The second-order valence-electron chi connectivity index (χ2n) is 8.57. The molecule has 4 rings (SSSR count). The molecule has 7 heteroatoms. The molecule has 1 saturated heterocycles. The SMILES string of the molecule is COc1ccc2nccc(C(F)CC[C@@H]3CCN(CC#Cc4ccccn4)C[C@@H]3C(=O)O)c2c1. The minimum Gasteiger partial charge on any atom is -0.497 e. The molecule has 3 aromatic rings. The van der Waals surface area contributed by atoms with Crippen LogP contribution in [0.15, 0.2) is 54.9 Å². The van der Waals surface area contributed by atoms with Crippen LogP contribution in [-0.4, -0.2) is 52.7 Å².